The van der Waals surface area contributed by atoms with E-state index in [4.69, 9.17) is 29.9 Å². The second kappa shape index (κ2) is 31.7. The van der Waals surface area contributed by atoms with Crippen LogP contribution in [0.1, 0.15) is 289 Å². The predicted molar refractivity (Wildman–Crippen MR) is 347 cm³/mol. The van der Waals surface area contributed by atoms with Crippen molar-refractivity contribution < 1.29 is 9.56 Å². The fourth-order valence-electron chi connectivity index (χ4n) is 13.0. The van der Waals surface area contributed by atoms with Gasteiger partial charge in [-0.05, 0) is 79.7 Å². The third-order valence-corrected chi connectivity index (χ3v) is 17.8. The summed E-state index contributed by atoms with van der Waals surface area (Å²) in [6.45, 7) is 9.22. The minimum absolute atomic E-state index is 0.659. The average molecular weight is 1110 g/mol. The Labute approximate surface area is 494 Å². The van der Waals surface area contributed by atoms with Gasteiger partial charge in [-0.15, -0.1) is 0 Å². The Bertz CT molecular complexity index is 3050. The number of aliphatic imine (C=N–C) groups is 5. The number of pyridine rings is 2. The van der Waals surface area contributed by atoms with Gasteiger partial charge in [0.05, 0.1) is 16.7 Å². The molecule has 0 amide bonds. The van der Waals surface area contributed by atoms with E-state index in [0.29, 0.717) is 11.7 Å². The quantitative estimate of drug-likeness (QED) is 0.0308. The number of amidine groups is 6. The largest absolute Gasteiger partial charge is 0.356 e. The van der Waals surface area contributed by atoms with Gasteiger partial charge in [-0.25, -0.2) is 24.5 Å². The van der Waals surface area contributed by atoms with Crippen molar-refractivity contribution in [3.63, 3.8) is 0 Å². The van der Waals surface area contributed by atoms with Crippen molar-refractivity contribution in [1.82, 2.24) is 9.55 Å². The van der Waals surface area contributed by atoms with Crippen LogP contribution >= 0.6 is 0 Å². The Morgan fingerprint density at radius 1 is 0.415 bits per heavy atom. The molecule has 0 aliphatic carbocycles. The summed E-state index contributed by atoms with van der Waals surface area (Å²) in [7, 11) is 4.15. The Balaban J connectivity index is 1.19. The Hall–Kier alpha value is -5.90. The molecule has 0 atom stereocenters. The molecular weight excluding hydrogens is 1000 g/mol. The molecule has 82 heavy (non-hydrogen) atoms. The number of hydrogen-bond acceptors (Lipinski definition) is 7. The van der Waals surface area contributed by atoms with Crippen LogP contribution in [0.15, 0.2) is 86.1 Å². The SMILES string of the molecule is CCCCCCCCCCc1ccc(CCCCCCCCCC)c2c1C1=NC2=NC2=NC(=Nc3nc(c4cn(C)ccc3-4)NC3=[NH+]C(=N1)c1cc[n+](C)cc13)c1c(CCCCCCCCCC)ccc(CCCCCCCCCC)c12. The summed E-state index contributed by atoms with van der Waals surface area (Å²) in [4.78, 5) is 37.7. The van der Waals surface area contributed by atoms with Gasteiger partial charge >= 0.3 is 0 Å². The molecule has 8 bridgehead atoms. The fourth-order valence-corrected chi connectivity index (χ4v) is 13.0. The summed E-state index contributed by atoms with van der Waals surface area (Å²) in [6.07, 6.45) is 53.5. The lowest BCUT2D eigenvalue weighted by atomic mass is 9.90. The summed E-state index contributed by atoms with van der Waals surface area (Å²) in [5.74, 6) is 5.91. The van der Waals surface area contributed by atoms with Crippen molar-refractivity contribution >= 4 is 46.6 Å². The minimum Gasteiger partial charge on any atom is -0.356 e. The molecule has 6 aliphatic rings. The van der Waals surface area contributed by atoms with Gasteiger partial charge in [0.1, 0.15) is 12.6 Å². The van der Waals surface area contributed by atoms with Gasteiger partial charge in [0.2, 0.25) is 17.5 Å². The summed E-state index contributed by atoms with van der Waals surface area (Å²) >= 11 is 0. The van der Waals surface area contributed by atoms with Gasteiger partial charge in [0.25, 0.3) is 5.84 Å². The molecule has 10 heteroatoms. The van der Waals surface area contributed by atoms with Crippen LogP contribution in [-0.2, 0) is 39.8 Å². The van der Waals surface area contributed by atoms with Gasteiger partial charge in [-0.1, -0.05) is 237 Å². The topological polar surface area (TPSA) is 109 Å². The van der Waals surface area contributed by atoms with Crippen LogP contribution in [0, 0.1) is 0 Å². The third-order valence-electron chi connectivity index (χ3n) is 17.8. The average Bonchev–Trinajstić information content (AvgIpc) is 3.72. The lowest BCUT2D eigenvalue weighted by molar-refractivity contribution is -0.671. The summed E-state index contributed by atoms with van der Waals surface area (Å²) in [5, 5.41) is 3.82. The second-order valence-electron chi connectivity index (χ2n) is 24.7. The molecule has 0 spiro atoms. The zero-order chi connectivity index (χ0) is 56.9. The number of aryl methyl sites for hydroxylation is 6. The van der Waals surface area contributed by atoms with E-state index in [9.17, 15) is 0 Å². The molecule has 0 saturated carbocycles. The molecule has 1 aromatic heterocycles. The van der Waals surface area contributed by atoms with E-state index >= 15 is 0 Å². The second-order valence-corrected chi connectivity index (χ2v) is 24.7. The maximum absolute atomic E-state index is 5.85. The van der Waals surface area contributed by atoms with Crippen LogP contribution in [-0.4, -0.2) is 44.6 Å². The Kier molecular flexibility index (Phi) is 23.4. The van der Waals surface area contributed by atoms with Gasteiger partial charge in [-0.2, -0.15) is 9.98 Å². The molecule has 3 aromatic rings. The normalized spacial score (nSPS) is 14.1. The minimum atomic E-state index is 0.659. The van der Waals surface area contributed by atoms with Crippen molar-refractivity contribution in [3.8, 4) is 11.1 Å². The monoisotopic (exact) mass is 1110 g/mol. The van der Waals surface area contributed by atoms with E-state index < -0.39 is 0 Å². The van der Waals surface area contributed by atoms with E-state index in [2.05, 4.69) is 122 Å². The molecular formula is C72H102N10+2. The number of unbranched alkanes of at least 4 members (excludes halogenated alkanes) is 28. The van der Waals surface area contributed by atoms with E-state index in [0.717, 1.165) is 131 Å². The zero-order valence-corrected chi connectivity index (χ0v) is 51.8. The lowest BCUT2D eigenvalue weighted by Gasteiger charge is -2.15. The number of rotatable bonds is 36. The van der Waals surface area contributed by atoms with Crippen LogP contribution in [0.4, 0.5) is 11.6 Å². The number of fused-ring (bicyclic) bond motifs is 17. The molecule has 0 saturated heterocycles. The summed E-state index contributed by atoms with van der Waals surface area (Å²) in [5.41, 5.74) is 13.9. The van der Waals surface area contributed by atoms with Gasteiger partial charge in [-0.3, -0.25) is 5.32 Å². The first kappa shape index (κ1) is 60.7. The summed E-state index contributed by atoms with van der Waals surface area (Å²) in [6, 6.07) is 14.0. The number of nitrogens with one attached hydrogen (secondary N) is 2. The smallest absolute Gasteiger partial charge is 0.271 e. The van der Waals surface area contributed by atoms with Crippen molar-refractivity contribution in [2.45, 2.75) is 259 Å². The number of hydrogen-bond donors (Lipinski definition) is 2. The third kappa shape index (κ3) is 15.8. The van der Waals surface area contributed by atoms with Gasteiger partial charge in [0.15, 0.2) is 35.7 Å². The molecule has 7 heterocycles. The maximum Gasteiger partial charge on any atom is 0.271 e. The summed E-state index contributed by atoms with van der Waals surface area (Å²) < 4.78 is 4.20. The molecule has 0 radical (unpaired) electrons. The van der Waals surface area contributed by atoms with Crippen molar-refractivity contribution in [2.75, 3.05) is 5.32 Å². The highest BCUT2D eigenvalue weighted by Crippen LogP contribution is 2.41. The molecule has 0 fully saturated rings. The highest BCUT2D eigenvalue weighted by molar-refractivity contribution is 6.32. The molecule has 0 unspecified atom stereocenters. The van der Waals surface area contributed by atoms with Crippen molar-refractivity contribution in [2.24, 2.45) is 39.1 Å². The predicted octanol–water partition coefficient (Wildman–Crippen LogP) is 16.8. The zero-order valence-electron chi connectivity index (χ0n) is 51.8. The lowest BCUT2D eigenvalue weighted by Crippen LogP contribution is -2.76. The standard InChI is InChI=1S/C72H101N10/c1-7-11-15-19-23-27-31-35-39-53-43-45-55(41-37-33-29-25-21-17-13-9-3)63-61(53)69-76-65-57-47-49-81(5)51-59(57)67(73-65)75-68-60-52-82(6)50-48-58(60)66(74-68)77-70-62-54(40-36-32-28-24-20-16-12-8-2)44-46-56(42-38-34-30-26-22-18-14-10-4)64(62)72(79-70)80-71(63)78-69/h43-52H,7-42H2,1-6H3,(H,73,74,75,76,77,78,79,80)/q+1/p+1. The van der Waals surface area contributed by atoms with E-state index in [1.807, 2.05) is 0 Å². The van der Waals surface area contributed by atoms with Gasteiger partial charge < -0.3 is 4.57 Å². The molecule has 2 aromatic carbocycles. The Morgan fingerprint density at radius 3 is 1.21 bits per heavy atom. The van der Waals surface area contributed by atoms with Crippen LogP contribution in [0.25, 0.3) is 11.1 Å². The number of aromatic nitrogens is 3. The molecule has 9 rings (SSSR count). The van der Waals surface area contributed by atoms with Crippen LogP contribution in [0.5, 0.6) is 0 Å². The molecule has 6 aliphatic heterocycles. The first-order valence-corrected chi connectivity index (χ1v) is 33.5. The fraction of sp³-hybridized carbons (Fsp3) is 0.583. The highest BCUT2D eigenvalue weighted by Gasteiger charge is 2.38. The van der Waals surface area contributed by atoms with E-state index in [-0.39, 0.29) is 0 Å². The van der Waals surface area contributed by atoms with Crippen LogP contribution in [0.2, 0.25) is 0 Å². The Morgan fingerprint density at radius 2 is 0.793 bits per heavy atom. The van der Waals surface area contributed by atoms with Crippen LogP contribution < -0.4 is 14.9 Å². The molecule has 10 nitrogen and oxygen atoms in total. The number of nitrogens with zero attached hydrogens (tertiary/aromatic N) is 8. The first-order chi connectivity index (χ1) is 40.4. The van der Waals surface area contributed by atoms with Crippen molar-refractivity contribution in [1.29, 1.82) is 0 Å². The van der Waals surface area contributed by atoms with E-state index in [1.165, 1.54) is 202 Å². The van der Waals surface area contributed by atoms with E-state index in [1.54, 1.807) is 0 Å². The molecule has 438 valence electrons. The first-order valence-electron chi connectivity index (χ1n) is 33.5. The number of anilines is 1. The van der Waals surface area contributed by atoms with Crippen molar-refractivity contribution in [3.05, 3.63) is 117 Å². The number of benzene rings is 2. The highest BCUT2D eigenvalue weighted by atomic mass is 15.2. The molecule has 2 N–H and O–H groups in total. The maximum atomic E-state index is 5.85. The van der Waals surface area contributed by atoms with Gasteiger partial charge in [0, 0.05) is 47.8 Å². The van der Waals surface area contributed by atoms with Crippen LogP contribution in [0.3, 0.4) is 0 Å².